The molecule has 0 spiro atoms. The molecule has 4 nitrogen and oxygen atoms in total. The number of benzene rings is 1. The predicted octanol–water partition coefficient (Wildman–Crippen LogP) is 4.49. The maximum Gasteiger partial charge on any atom is 0.226 e. The van der Waals surface area contributed by atoms with Crippen LogP contribution in [0.2, 0.25) is 5.02 Å². The lowest BCUT2D eigenvalue weighted by atomic mass is 10.1. The Kier molecular flexibility index (Phi) is 8.13. The molecule has 1 aromatic heterocycles. The summed E-state index contributed by atoms with van der Waals surface area (Å²) in [5, 5.41) is 0.621. The minimum Gasteiger partial charge on any atom is -0.337 e. The van der Waals surface area contributed by atoms with Gasteiger partial charge in [-0.1, -0.05) is 24.1 Å². The number of hydrogen-bond donors (Lipinski definition) is 0. The van der Waals surface area contributed by atoms with E-state index < -0.39 is 0 Å². The Morgan fingerprint density at radius 2 is 2.09 bits per heavy atom. The van der Waals surface area contributed by atoms with Gasteiger partial charge in [-0.25, -0.2) is 4.98 Å². The number of aromatic nitrogens is 2. The number of carbonyl (C=O) groups excluding carboxylic acids is 1. The molecule has 1 aromatic carbocycles. The molecule has 0 saturated heterocycles. The zero-order valence-electron chi connectivity index (χ0n) is 13.5. The molecule has 6 heteroatoms. The lowest BCUT2D eigenvalue weighted by Crippen LogP contribution is -2.26. The van der Waals surface area contributed by atoms with Gasteiger partial charge in [0.1, 0.15) is 0 Å². The van der Waals surface area contributed by atoms with Crippen LogP contribution >= 0.6 is 24.0 Å². The quantitative estimate of drug-likeness (QED) is 0.686. The van der Waals surface area contributed by atoms with Crippen LogP contribution in [0.1, 0.15) is 31.2 Å². The van der Waals surface area contributed by atoms with E-state index in [1.165, 1.54) is 0 Å². The van der Waals surface area contributed by atoms with Gasteiger partial charge < -0.3 is 9.47 Å². The van der Waals surface area contributed by atoms with Crippen LogP contribution in [0.5, 0.6) is 0 Å². The van der Waals surface area contributed by atoms with Crippen molar-refractivity contribution in [1.82, 2.24) is 9.55 Å². The van der Waals surface area contributed by atoms with Crippen molar-refractivity contribution in [1.29, 1.82) is 0 Å². The molecule has 2 rings (SSSR count). The van der Waals surface area contributed by atoms with E-state index in [2.05, 4.69) is 9.55 Å². The minimum atomic E-state index is 0. The van der Waals surface area contributed by atoms with Crippen LogP contribution in [0.25, 0.3) is 0 Å². The third-order valence-corrected chi connectivity index (χ3v) is 4.01. The van der Waals surface area contributed by atoms with E-state index in [4.69, 9.17) is 11.6 Å². The molecule has 0 radical (unpaired) electrons. The van der Waals surface area contributed by atoms with E-state index in [9.17, 15) is 4.79 Å². The maximum atomic E-state index is 12.2. The summed E-state index contributed by atoms with van der Waals surface area (Å²) >= 11 is 6.21. The van der Waals surface area contributed by atoms with Crippen LogP contribution in [0.4, 0.5) is 5.69 Å². The van der Waals surface area contributed by atoms with Crippen molar-refractivity contribution >= 4 is 35.6 Å². The Labute approximate surface area is 148 Å². The highest BCUT2D eigenvalue weighted by Crippen LogP contribution is 2.26. The Morgan fingerprint density at radius 3 is 2.74 bits per heavy atom. The molecule has 23 heavy (non-hydrogen) atoms. The van der Waals surface area contributed by atoms with Crippen molar-refractivity contribution in [2.75, 3.05) is 11.9 Å². The highest BCUT2D eigenvalue weighted by atomic mass is 35.5. The van der Waals surface area contributed by atoms with Crippen molar-refractivity contribution in [3.8, 4) is 0 Å². The molecule has 0 aliphatic rings. The second kappa shape index (κ2) is 9.58. The van der Waals surface area contributed by atoms with Crippen LogP contribution in [-0.4, -0.2) is 22.5 Å². The first-order chi connectivity index (χ1) is 10.6. The third kappa shape index (κ3) is 5.88. The van der Waals surface area contributed by atoms with Gasteiger partial charge in [0.05, 0.1) is 17.0 Å². The van der Waals surface area contributed by atoms with E-state index in [-0.39, 0.29) is 18.3 Å². The second-order valence-corrected chi connectivity index (χ2v) is 5.93. The Bertz CT molecular complexity index is 614. The van der Waals surface area contributed by atoms with Gasteiger partial charge >= 0.3 is 0 Å². The molecule has 0 aliphatic carbocycles. The lowest BCUT2D eigenvalue weighted by Gasteiger charge is -2.19. The Morgan fingerprint density at radius 1 is 1.30 bits per heavy atom. The molecule has 2 aromatic rings. The summed E-state index contributed by atoms with van der Waals surface area (Å²) in [7, 11) is 1.78. The fourth-order valence-electron chi connectivity index (χ4n) is 2.35. The van der Waals surface area contributed by atoms with Crippen LogP contribution in [0.15, 0.2) is 36.9 Å². The normalized spacial score (nSPS) is 10.2. The van der Waals surface area contributed by atoms with Gasteiger partial charge in [0.25, 0.3) is 0 Å². The van der Waals surface area contributed by atoms with Crippen molar-refractivity contribution in [3.63, 3.8) is 0 Å². The number of rotatable bonds is 7. The monoisotopic (exact) mass is 355 g/mol. The summed E-state index contributed by atoms with van der Waals surface area (Å²) in [6.45, 7) is 2.94. The molecule has 0 aliphatic heterocycles. The Hall–Kier alpha value is -1.52. The first-order valence-corrected chi connectivity index (χ1v) is 7.94. The smallest absolute Gasteiger partial charge is 0.226 e. The molecule has 0 atom stereocenters. The van der Waals surface area contributed by atoms with Crippen molar-refractivity contribution in [2.24, 2.45) is 0 Å². The summed E-state index contributed by atoms with van der Waals surface area (Å²) in [6, 6.07) is 5.75. The number of carbonyl (C=O) groups is 1. The average Bonchev–Trinajstić information content (AvgIpc) is 2.99. The lowest BCUT2D eigenvalue weighted by molar-refractivity contribution is -0.118. The number of unbranched alkanes of at least 4 members (excludes halogenated alkanes) is 2. The fraction of sp³-hybridized carbons (Fsp3) is 0.412. The number of halogens is 2. The summed E-state index contributed by atoms with van der Waals surface area (Å²) in [5.74, 6) is 0.105. The van der Waals surface area contributed by atoms with Gasteiger partial charge in [0.15, 0.2) is 0 Å². The van der Waals surface area contributed by atoms with E-state index in [0.717, 1.165) is 37.1 Å². The number of nitrogens with zero attached hydrogens (tertiary/aromatic N) is 3. The third-order valence-electron chi connectivity index (χ3n) is 3.70. The van der Waals surface area contributed by atoms with Crippen molar-refractivity contribution in [2.45, 2.75) is 39.2 Å². The first kappa shape index (κ1) is 19.5. The molecule has 0 fully saturated rings. The van der Waals surface area contributed by atoms with Gasteiger partial charge in [-0.05, 0) is 37.5 Å². The topological polar surface area (TPSA) is 38.1 Å². The van der Waals surface area contributed by atoms with Gasteiger partial charge in [-0.15, -0.1) is 12.4 Å². The number of aryl methyl sites for hydroxylation is 2. The minimum absolute atomic E-state index is 0. The first-order valence-electron chi connectivity index (χ1n) is 7.56. The molecular weight excluding hydrogens is 333 g/mol. The van der Waals surface area contributed by atoms with E-state index >= 15 is 0 Å². The molecule has 0 unspecified atom stereocenters. The number of amides is 1. The predicted molar refractivity (Wildman–Crippen MR) is 97.5 cm³/mol. The van der Waals surface area contributed by atoms with E-state index in [1.54, 1.807) is 18.1 Å². The average molecular weight is 356 g/mol. The number of anilines is 1. The summed E-state index contributed by atoms with van der Waals surface area (Å²) in [5.41, 5.74) is 1.87. The highest BCUT2D eigenvalue weighted by molar-refractivity contribution is 6.33. The van der Waals surface area contributed by atoms with Crippen LogP contribution < -0.4 is 4.90 Å². The number of imidazole rings is 1. The zero-order chi connectivity index (χ0) is 15.9. The molecule has 1 heterocycles. The Balaban J connectivity index is 0.00000264. The maximum absolute atomic E-state index is 12.2. The molecule has 126 valence electrons. The van der Waals surface area contributed by atoms with E-state index in [1.807, 2.05) is 37.6 Å². The van der Waals surface area contributed by atoms with Gasteiger partial charge in [0.2, 0.25) is 5.91 Å². The largest absolute Gasteiger partial charge is 0.337 e. The van der Waals surface area contributed by atoms with Crippen molar-refractivity contribution < 1.29 is 4.79 Å². The van der Waals surface area contributed by atoms with Gasteiger partial charge in [-0.3, -0.25) is 4.79 Å². The molecule has 0 saturated carbocycles. The zero-order valence-corrected chi connectivity index (χ0v) is 15.1. The summed E-state index contributed by atoms with van der Waals surface area (Å²) in [4.78, 5) is 17.9. The van der Waals surface area contributed by atoms with Crippen LogP contribution in [0.3, 0.4) is 0 Å². The molecule has 1 amide bonds. The number of hydrogen-bond acceptors (Lipinski definition) is 2. The SMILES string of the molecule is Cc1ccc(N(C)C(=O)CCCCCn2ccnc2)c(Cl)c1.Cl. The second-order valence-electron chi connectivity index (χ2n) is 5.52. The van der Waals surface area contributed by atoms with Gasteiger partial charge in [-0.2, -0.15) is 0 Å². The summed E-state index contributed by atoms with van der Waals surface area (Å²) < 4.78 is 2.06. The van der Waals surface area contributed by atoms with Crippen LogP contribution in [0, 0.1) is 6.92 Å². The molecule has 0 N–H and O–H groups in total. The molecule has 0 bridgehead atoms. The van der Waals surface area contributed by atoms with E-state index in [0.29, 0.717) is 11.4 Å². The standard InChI is InChI=1S/C17H22ClN3O.ClH/c1-14-7-8-16(15(18)12-14)20(2)17(22)6-4-3-5-10-21-11-9-19-13-21;/h7-9,11-13H,3-6,10H2,1-2H3;1H. The molecular formula is C17H23Cl2N3O. The highest BCUT2D eigenvalue weighted by Gasteiger charge is 2.13. The fourth-order valence-corrected chi connectivity index (χ4v) is 2.71. The van der Waals surface area contributed by atoms with Crippen LogP contribution in [-0.2, 0) is 11.3 Å². The summed E-state index contributed by atoms with van der Waals surface area (Å²) in [6.07, 6.45) is 9.07. The van der Waals surface area contributed by atoms with Crippen molar-refractivity contribution in [3.05, 3.63) is 47.5 Å². The van der Waals surface area contributed by atoms with Gasteiger partial charge in [0, 0.05) is 32.4 Å².